The minimum absolute atomic E-state index is 0.0723. The van der Waals surface area contributed by atoms with E-state index in [1.54, 1.807) is 16.8 Å². The van der Waals surface area contributed by atoms with E-state index in [1.807, 2.05) is 31.2 Å². The zero-order valence-corrected chi connectivity index (χ0v) is 17.2. The van der Waals surface area contributed by atoms with Gasteiger partial charge < -0.3 is 14.5 Å². The summed E-state index contributed by atoms with van der Waals surface area (Å²) in [7, 11) is 0. The van der Waals surface area contributed by atoms with Crippen molar-refractivity contribution >= 4 is 29.3 Å². The van der Waals surface area contributed by atoms with Crippen LogP contribution >= 0.6 is 12.2 Å². The minimum Gasteiger partial charge on any atom is -0.409 e. The number of aryl methyl sites for hydroxylation is 1. The molecular weight excluding hydrogens is 406 g/mol. The molecule has 10 heteroatoms. The second-order valence-corrected chi connectivity index (χ2v) is 7.37. The van der Waals surface area contributed by atoms with Crippen molar-refractivity contribution in [3.05, 3.63) is 63.0 Å². The fourth-order valence-electron chi connectivity index (χ4n) is 3.16. The molecule has 2 heterocycles. The third kappa shape index (κ3) is 4.56. The zero-order valence-electron chi connectivity index (χ0n) is 16.4. The fourth-order valence-corrected chi connectivity index (χ4v) is 3.34. The number of hydrogen-bond donors (Lipinski definition) is 1. The third-order valence-corrected chi connectivity index (χ3v) is 5.11. The molecule has 1 aliphatic rings. The van der Waals surface area contributed by atoms with Crippen LogP contribution < -0.4 is 5.32 Å². The van der Waals surface area contributed by atoms with Crippen LogP contribution in [0.25, 0.3) is 11.5 Å². The molecule has 0 saturated carbocycles. The van der Waals surface area contributed by atoms with Crippen LogP contribution in [-0.2, 0) is 11.4 Å². The van der Waals surface area contributed by atoms with E-state index in [2.05, 4.69) is 15.3 Å². The molecule has 1 aliphatic heterocycles. The molecule has 0 aliphatic carbocycles. The summed E-state index contributed by atoms with van der Waals surface area (Å²) in [4.78, 5) is 13.6. The van der Waals surface area contributed by atoms with Gasteiger partial charge in [0.1, 0.15) is 5.69 Å². The molecule has 1 saturated heterocycles. The van der Waals surface area contributed by atoms with Crippen LogP contribution in [0.4, 0.5) is 17.1 Å². The Morgan fingerprint density at radius 3 is 2.63 bits per heavy atom. The lowest BCUT2D eigenvalue weighted by atomic mass is 10.1. The maximum atomic E-state index is 11.7. The van der Waals surface area contributed by atoms with Crippen LogP contribution in [0.3, 0.4) is 0 Å². The molecule has 2 aromatic carbocycles. The molecule has 0 spiro atoms. The molecule has 0 radical (unpaired) electrons. The third-order valence-electron chi connectivity index (χ3n) is 4.82. The van der Waals surface area contributed by atoms with Gasteiger partial charge in [-0.3, -0.25) is 15.0 Å². The van der Waals surface area contributed by atoms with E-state index < -0.39 is 4.92 Å². The standard InChI is InChI=1S/C20H21N5O4S/c1-14-2-5-16(6-3-14)21-17-7-4-15(12-18(17)25(26)27)19-22-24(20(30)29-19)13-23-8-10-28-11-9-23/h2-7,12,21H,8-11,13H2,1H3. The number of hydrogen-bond acceptors (Lipinski definition) is 8. The van der Waals surface area contributed by atoms with Crippen LogP contribution in [0.2, 0.25) is 0 Å². The molecule has 0 atom stereocenters. The molecular formula is C20H21N5O4S. The molecule has 1 aromatic heterocycles. The molecule has 0 bridgehead atoms. The van der Waals surface area contributed by atoms with Crippen LogP contribution in [0, 0.1) is 21.9 Å². The summed E-state index contributed by atoms with van der Waals surface area (Å²) < 4.78 is 12.5. The predicted molar refractivity (Wildman–Crippen MR) is 114 cm³/mol. The summed E-state index contributed by atoms with van der Waals surface area (Å²) in [6.07, 6.45) is 0. The van der Waals surface area contributed by atoms with Gasteiger partial charge >= 0.3 is 0 Å². The van der Waals surface area contributed by atoms with E-state index in [-0.39, 0.29) is 16.4 Å². The normalized spacial score (nSPS) is 14.6. The second-order valence-electron chi connectivity index (χ2n) is 7.02. The molecule has 0 unspecified atom stereocenters. The van der Waals surface area contributed by atoms with E-state index >= 15 is 0 Å². The van der Waals surface area contributed by atoms with Crippen molar-refractivity contribution < 1.29 is 14.1 Å². The number of aromatic nitrogens is 2. The number of nitrogens with one attached hydrogen (secondary N) is 1. The quantitative estimate of drug-likeness (QED) is 0.356. The van der Waals surface area contributed by atoms with Gasteiger partial charge in [-0.25, -0.2) is 4.68 Å². The SMILES string of the molecule is Cc1ccc(Nc2ccc(-c3nn(CN4CCOCC4)c(=S)o3)cc2[N+](=O)[O-])cc1. The molecule has 1 fully saturated rings. The lowest BCUT2D eigenvalue weighted by Crippen LogP contribution is -2.37. The van der Waals surface area contributed by atoms with Crippen molar-refractivity contribution in [2.24, 2.45) is 0 Å². The van der Waals surface area contributed by atoms with Crippen molar-refractivity contribution in [1.82, 2.24) is 14.7 Å². The van der Waals surface area contributed by atoms with Crippen LogP contribution in [0.1, 0.15) is 5.56 Å². The number of ether oxygens (including phenoxy) is 1. The Bertz CT molecular complexity index is 1100. The molecule has 1 N–H and O–H groups in total. The van der Waals surface area contributed by atoms with Gasteiger partial charge in [0.15, 0.2) is 0 Å². The Morgan fingerprint density at radius 2 is 1.93 bits per heavy atom. The average molecular weight is 427 g/mol. The Labute approximate surface area is 178 Å². The second kappa shape index (κ2) is 8.74. The first kappa shape index (κ1) is 20.2. The molecule has 3 aromatic rings. The first-order chi connectivity index (χ1) is 14.5. The number of nitro groups is 1. The Balaban J connectivity index is 1.59. The minimum atomic E-state index is -0.431. The summed E-state index contributed by atoms with van der Waals surface area (Å²) >= 11 is 5.28. The average Bonchev–Trinajstić information content (AvgIpc) is 3.11. The summed E-state index contributed by atoms with van der Waals surface area (Å²) in [6.45, 7) is 5.37. The van der Waals surface area contributed by atoms with Crippen molar-refractivity contribution in [3.63, 3.8) is 0 Å². The van der Waals surface area contributed by atoms with Crippen molar-refractivity contribution in [2.45, 2.75) is 13.6 Å². The summed E-state index contributed by atoms with van der Waals surface area (Å²) in [5, 5.41) is 19.2. The number of nitrogens with zero attached hydrogens (tertiary/aromatic N) is 4. The molecule has 30 heavy (non-hydrogen) atoms. The van der Waals surface area contributed by atoms with E-state index in [9.17, 15) is 10.1 Å². The smallest absolute Gasteiger partial charge is 0.293 e. The highest BCUT2D eigenvalue weighted by molar-refractivity contribution is 7.71. The maximum Gasteiger partial charge on any atom is 0.293 e. The Kier molecular flexibility index (Phi) is 5.88. The lowest BCUT2D eigenvalue weighted by Gasteiger charge is -2.25. The number of anilines is 2. The monoisotopic (exact) mass is 427 g/mol. The number of morpholine rings is 1. The zero-order chi connectivity index (χ0) is 21.1. The number of benzene rings is 2. The van der Waals surface area contributed by atoms with E-state index in [0.717, 1.165) is 24.3 Å². The van der Waals surface area contributed by atoms with Gasteiger partial charge in [-0.05, 0) is 43.4 Å². The summed E-state index contributed by atoms with van der Waals surface area (Å²) in [5.41, 5.74) is 2.68. The molecule has 9 nitrogen and oxygen atoms in total. The number of nitro benzene ring substituents is 1. The first-order valence-corrected chi connectivity index (χ1v) is 9.91. The van der Waals surface area contributed by atoms with Crippen LogP contribution in [-0.4, -0.2) is 45.9 Å². The Hall–Kier alpha value is -3.08. The predicted octanol–water partition coefficient (Wildman–Crippen LogP) is 4.12. The molecule has 156 valence electrons. The van der Waals surface area contributed by atoms with Gasteiger partial charge in [0.25, 0.3) is 10.5 Å². The van der Waals surface area contributed by atoms with Gasteiger partial charge in [-0.2, -0.15) is 0 Å². The van der Waals surface area contributed by atoms with Gasteiger partial charge in [0, 0.05) is 30.4 Å². The van der Waals surface area contributed by atoms with E-state index in [4.69, 9.17) is 21.4 Å². The lowest BCUT2D eigenvalue weighted by molar-refractivity contribution is -0.383. The maximum absolute atomic E-state index is 11.7. The van der Waals surface area contributed by atoms with E-state index in [1.165, 1.54) is 6.07 Å². The van der Waals surface area contributed by atoms with Gasteiger partial charge in [0.2, 0.25) is 5.89 Å². The summed E-state index contributed by atoms with van der Waals surface area (Å²) in [5.74, 6) is 0.248. The topological polar surface area (TPSA) is 98.6 Å². The van der Waals surface area contributed by atoms with Crippen molar-refractivity contribution in [1.29, 1.82) is 0 Å². The Morgan fingerprint density at radius 1 is 1.20 bits per heavy atom. The van der Waals surface area contributed by atoms with Gasteiger partial charge in [-0.1, -0.05) is 17.7 Å². The highest BCUT2D eigenvalue weighted by Gasteiger charge is 2.19. The fraction of sp³-hybridized carbons (Fsp3) is 0.300. The largest absolute Gasteiger partial charge is 0.409 e. The first-order valence-electron chi connectivity index (χ1n) is 9.50. The number of rotatable bonds is 6. The van der Waals surface area contributed by atoms with Gasteiger partial charge in [-0.15, -0.1) is 5.10 Å². The summed E-state index contributed by atoms with van der Waals surface area (Å²) in [6, 6.07) is 12.4. The van der Waals surface area contributed by atoms with Crippen molar-refractivity contribution in [2.75, 3.05) is 31.6 Å². The van der Waals surface area contributed by atoms with Crippen LogP contribution in [0.5, 0.6) is 0 Å². The van der Waals surface area contributed by atoms with Gasteiger partial charge in [0.05, 0.1) is 24.8 Å². The highest BCUT2D eigenvalue weighted by atomic mass is 32.1. The van der Waals surface area contributed by atoms with Crippen LogP contribution in [0.15, 0.2) is 46.9 Å². The van der Waals surface area contributed by atoms with E-state index in [0.29, 0.717) is 31.1 Å². The van der Waals surface area contributed by atoms with Crippen molar-refractivity contribution in [3.8, 4) is 11.5 Å². The highest BCUT2D eigenvalue weighted by Crippen LogP contribution is 2.32. The molecule has 4 rings (SSSR count). The molecule has 0 amide bonds.